The summed E-state index contributed by atoms with van der Waals surface area (Å²) in [5.41, 5.74) is 2.28. The first-order chi connectivity index (χ1) is 14.6. The van der Waals surface area contributed by atoms with Crippen molar-refractivity contribution in [1.29, 1.82) is 0 Å². The Morgan fingerprint density at radius 1 is 0.967 bits per heavy atom. The molecule has 6 nitrogen and oxygen atoms in total. The number of amides is 1. The van der Waals surface area contributed by atoms with Gasteiger partial charge in [-0.05, 0) is 49.2 Å². The van der Waals surface area contributed by atoms with Crippen LogP contribution in [0.1, 0.15) is 24.0 Å². The summed E-state index contributed by atoms with van der Waals surface area (Å²) in [5, 5.41) is 0. The van der Waals surface area contributed by atoms with Crippen LogP contribution in [0.4, 0.5) is 0 Å². The number of nitrogens with zero attached hydrogens (tertiary/aromatic N) is 2. The lowest BCUT2D eigenvalue weighted by Gasteiger charge is -2.35. The van der Waals surface area contributed by atoms with Crippen LogP contribution in [0.2, 0.25) is 0 Å². The van der Waals surface area contributed by atoms with E-state index in [1.165, 1.54) is 5.56 Å². The minimum absolute atomic E-state index is 0.210. The largest absolute Gasteiger partial charge is 0.497 e. The fourth-order valence-corrected chi connectivity index (χ4v) is 3.68. The Hall–Kier alpha value is -2.73. The topological polar surface area (TPSA) is 51.2 Å². The van der Waals surface area contributed by atoms with Crippen molar-refractivity contribution in [2.45, 2.75) is 26.3 Å². The molecule has 1 amide bonds. The third kappa shape index (κ3) is 6.13. The van der Waals surface area contributed by atoms with Crippen molar-refractivity contribution in [2.75, 3.05) is 47.0 Å². The van der Waals surface area contributed by atoms with Crippen LogP contribution in [0, 0.1) is 6.92 Å². The molecule has 3 rings (SSSR count). The lowest BCUT2D eigenvalue weighted by molar-refractivity contribution is -0.133. The number of hydrogen-bond donors (Lipinski definition) is 0. The fourth-order valence-electron chi connectivity index (χ4n) is 3.68. The summed E-state index contributed by atoms with van der Waals surface area (Å²) in [4.78, 5) is 16.8. The van der Waals surface area contributed by atoms with Crippen molar-refractivity contribution >= 4 is 5.91 Å². The Labute approximate surface area is 179 Å². The quantitative estimate of drug-likeness (QED) is 0.590. The highest BCUT2D eigenvalue weighted by molar-refractivity contribution is 5.76. The number of ether oxygens (including phenoxy) is 3. The Bertz CT molecular complexity index is 832. The number of aryl methyl sites for hydroxylation is 1. The zero-order valence-corrected chi connectivity index (χ0v) is 18.2. The van der Waals surface area contributed by atoms with Gasteiger partial charge in [0, 0.05) is 44.7 Å². The van der Waals surface area contributed by atoms with Crippen LogP contribution in [0.15, 0.2) is 42.5 Å². The molecule has 0 bridgehead atoms. The van der Waals surface area contributed by atoms with Crippen LogP contribution in [0.25, 0.3) is 0 Å². The van der Waals surface area contributed by atoms with Crippen LogP contribution in [0.3, 0.4) is 0 Å². The molecule has 0 atom stereocenters. The van der Waals surface area contributed by atoms with Gasteiger partial charge in [-0.2, -0.15) is 0 Å². The molecule has 2 aromatic rings. The highest BCUT2D eigenvalue weighted by Crippen LogP contribution is 2.25. The van der Waals surface area contributed by atoms with Crippen molar-refractivity contribution in [3.63, 3.8) is 0 Å². The smallest absolute Gasteiger partial charge is 0.222 e. The number of benzene rings is 2. The molecule has 1 aliphatic rings. The second-order valence-corrected chi connectivity index (χ2v) is 7.60. The van der Waals surface area contributed by atoms with E-state index in [1.54, 1.807) is 14.2 Å². The van der Waals surface area contributed by atoms with Crippen LogP contribution in [-0.2, 0) is 11.3 Å². The summed E-state index contributed by atoms with van der Waals surface area (Å²) in [6, 6.07) is 13.8. The van der Waals surface area contributed by atoms with Crippen molar-refractivity contribution in [3.8, 4) is 17.2 Å². The van der Waals surface area contributed by atoms with Crippen molar-refractivity contribution < 1.29 is 19.0 Å². The summed E-state index contributed by atoms with van der Waals surface area (Å²) < 4.78 is 16.6. The number of methoxy groups -OCH3 is 2. The molecule has 0 unspecified atom stereocenters. The van der Waals surface area contributed by atoms with Gasteiger partial charge in [-0.15, -0.1) is 0 Å². The number of rotatable bonds is 9. The van der Waals surface area contributed by atoms with Gasteiger partial charge in [0.1, 0.15) is 17.2 Å². The number of carbonyl (C=O) groups is 1. The molecule has 6 heteroatoms. The van der Waals surface area contributed by atoms with Gasteiger partial charge >= 0.3 is 0 Å². The average molecular weight is 413 g/mol. The highest BCUT2D eigenvalue weighted by atomic mass is 16.5. The lowest BCUT2D eigenvalue weighted by Crippen LogP contribution is -2.48. The summed E-state index contributed by atoms with van der Waals surface area (Å²) in [6.07, 6.45) is 1.25. The van der Waals surface area contributed by atoms with Gasteiger partial charge in [0.25, 0.3) is 0 Å². The molecule has 1 saturated heterocycles. The normalized spacial score (nSPS) is 14.4. The molecule has 162 valence electrons. The molecule has 0 saturated carbocycles. The molecule has 0 aromatic heterocycles. The Morgan fingerprint density at radius 2 is 1.77 bits per heavy atom. The van der Waals surface area contributed by atoms with E-state index < -0.39 is 0 Å². The Morgan fingerprint density at radius 3 is 2.47 bits per heavy atom. The molecule has 2 aromatic carbocycles. The van der Waals surface area contributed by atoms with Crippen LogP contribution >= 0.6 is 0 Å². The molecule has 0 spiro atoms. The van der Waals surface area contributed by atoms with Gasteiger partial charge in [-0.3, -0.25) is 9.69 Å². The first-order valence-electron chi connectivity index (χ1n) is 10.5. The van der Waals surface area contributed by atoms with Crippen molar-refractivity contribution in [2.24, 2.45) is 0 Å². The molecule has 1 heterocycles. The maximum Gasteiger partial charge on any atom is 0.222 e. The summed E-state index contributed by atoms with van der Waals surface area (Å²) in [5.74, 6) is 2.76. The van der Waals surface area contributed by atoms with E-state index >= 15 is 0 Å². The minimum Gasteiger partial charge on any atom is -0.497 e. The molecule has 0 aliphatic carbocycles. The maximum absolute atomic E-state index is 12.5. The number of hydrogen-bond acceptors (Lipinski definition) is 5. The van der Waals surface area contributed by atoms with E-state index in [0.717, 1.165) is 62.0 Å². The van der Waals surface area contributed by atoms with Gasteiger partial charge < -0.3 is 19.1 Å². The fraction of sp³-hybridized carbons (Fsp3) is 0.458. The first-order valence-corrected chi connectivity index (χ1v) is 10.5. The molecule has 0 radical (unpaired) electrons. The van der Waals surface area contributed by atoms with Crippen LogP contribution in [-0.4, -0.2) is 62.7 Å². The van der Waals surface area contributed by atoms with Crippen LogP contribution in [0.5, 0.6) is 17.2 Å². The van der Waals surface area contributed by atoms with E-state index in [-0.39, 0.29) is 5.91 Å². The molecule has 1 fully saturated rings. The van der Waals surface area contributed by atoms with E-state index in [9.17, 15) is 4.79 Å². The predicted octanol–water partition coefficient (Wildman–Crippen LogP) is 3.52. The summed E-state index contributed by atoms with van der Waals surface area (Å²) in [7, 11) is 3.35. The molecular formula is C24H32N2O4. The van der Waals surface area contributed by atoms with Gasteiger partial charge in [0.15, 0.2) is 0 Å². The summed E-state index contributed by atoms with van der Waals surface area (Å²) in [6.45, 7) is 6.60. The minimum atomic E-state index is 0.210. The number of carbonyl (C=O) groups excluding carboxylic acids is 1. The molecular weight excluding hydrogens is 380 g/mol. The van der Waals surface area contributed by atoms with E-state index in [4.69, 9.17) is 14.2 Å². The monoisotopic (exact) mass is 412 g/mol. The third-order valence-corrected chi connectivity index (χ3v) is 5.40. The van der Waals surface area contributed by atoms with Crippen LogP contribution < -0.4 is 14.2 Å². The van der Waals surface area contributed by atoms with E-state index in [0.29, 0.717) is 13.0 Å². The van der Waals surface area contributed by atoms with Gasteiger partial charge in [0.05, 0.1) is 20.8 Å². The standard InChI is InChI=1S/C24H32N2O4/c1-19-6-4-7-22(16-19)30-15-5-8-24(27)26-13-11-25(12-14-26)18-20-17-21(28-2)9-10-23(20)29-3/h4,6-7,9-10,16-17H,5,8,11-15,18H2,1-3H3. The second kappa shape index (κ2) is 10.9. The second-order valence-electron chi connectivity index (χ2n) is 7.60. The lowest BCUT2D eigenvalue weighted by atomic mass is 10.1. The summed E-state index contributed by atoms with van der Waals surface area (Å²) >= 11 is 0. The Kier molecular flexibility index (Phi) is 7.97. The Balaban J connectivity index is 1.40. The zero-order valence-electron chi connectivity index (χ0n) is 18.2. The van der Waals surface area contributed by atoms with E-state index in [1.807, 2.05) is 54.3 Å². The van der Waals surface area contributed by atoms with Gasteiger partial charge in [0.2, 0.25) is 5.91 Å². The van der Waals surface area contributed by atoms with Crippen molar-refractivity contribution in [1.82, 2.24) is 9.80 Å². The number of piperazine rings is 1. The highest BCUT2D eigenvalue weighted by Gasteiger charge is 2.21. The predicted molar refractivity (Wildman–Crippen MR) is 117 cm³/mol. The molecule has 0 N–H and O–H groups in total. The van der Waals surface area contributed by atoms with E-state index in [2.05, 4.69) is 4.90 Å². The first kappa shape index (κ1) is 22.0. The average Bonchev–Trinajstić information content (AvgIpc) is 2.77. The zero-order chi connectivity index (χ0) is 21.3. The van der Waals surface area contributed by atoms with Gasteiger partial charge in [-0.1, -0.05) is 12.1 Å². The van der Waals surface area contributed by atoms with Crippen molar-refractivity contribution in [3.05, 3.63) is 53.6 Å². The van der Waals surface area contributed by atoms with Gasteiger partial charge in [-0.25, -0.2) is 0 Å². The third-order valence-electron chi connectivity index (χ3n) is 5.40. The molecule has 1 aliphatic heterocycles. The molecule has 30 heavy (non-hydrogen) atoms. The SMILES string of the molecule is COc1ccc(OC)c(CN2CCN(C(=O)CCCOc3cccc(C)c3)CC2)c1. The maximum atomic E-state index is 12.5.